The lowest BCUT2D eigenvalue weighted by atomic mass is 10.3. The molecule has 0 aliphatic rings. The van der Waals surface area contributed by atoms with Crippen molar-refractivity contribution in [1.82, 2.24) is 5.32 Å². The molecule has 0 saturated carbocycles. The first kappa shape index (κ1) is 12.2. The Balaban J connectivity index is 2.28. The summed E-state index contributed by atoms with van der Waals surface area (Å²) in [6.07, 6.45) is 0.0124. The molecule has 0 radical (unpaired) electrons. The molecule has 4 nitrogen and oxygen atoms in total. The summed E-state index contributed by atoms with van der Waals surface area (Å²) in [7, 11) is 0. The SMILES string of the molecule is O=C(O)CCNCC(=O)c1ccc(Cl)s1. The fraction of sp³-hybridized carbons (Fsp3) is 0.333. The highest BCUT2D eigenvalue weighted by molar-refractivity contribution is 7.18. The van der Waals surface area contributed by atoms with Gasteiger partial charge in [-0.1, -0.05) is 11.6 Å². The smallest absolute Gasteiger partial charge is 0.304 e. The lowest BCUT2D eigenvalue weighted by Gasteiger charge is -1.99. The molecule has 0 saturated heterocycles. The molecule has 1 heterocycles. The predicted molar refractivity (Wildman–Crippen MR) is 58.8 cm³/mol. The quantitative estimate of drug-likeness (QED) is 0.593. The molecule has 0 fully saturated rings. The molecule has 6 heteroatoms. The fourth-order valence-corrected chi connectivity index (χ4v) is 1.93. The highest BCUT2D eigenvalue weighted by Gasteiger charge is 2.08. The van der Waals surface area contributed by atoms with Crippen molar-refractivity contribution >= 4 is 34.7 Å². The van der Waals surface area contributed by atoms with Gasteiger partial charge in [0.25, 0.3) is 0 Å². The van der Waals surface area contributed by atoms with Gasteiger partial charge in [-0.15, -0.1) is 11.3 Å². The van der Waals surface area contributed by atoms with Gasteiger partial charge >= 0.3 is 5.97 Å². The summed E-state index contributed by atoms with van der Waals surface area (Å²) in [6.45, 7) is 0.435. The van der Waals surface area contributed by atoms with E-state index in [9.17, 15) is 9.59 Å². The molecule has 1 aromatic rings. The minimum atomic E-state index is -0.880. The first-order valence-electron chi connectivity index (χ1n) is 4.30. The van der Waals surface area contributed by atoms with Crippen LogP contribution in [-0.2, 0) is 4.79 Å². The Kier molecular flexibility index (Phi) is 4.74. The van der Waals surface area contributed by atoms with Gasteiger partial charge in [0.05, 0.1) is 22.2 Å². The van der Waals surface area contributed by atoms with Gasteiger partial charge in [0, 0.05) is 6.54 Å². The number of carbonyl (C=O) groups excluding carboxylic acids is 1. The molecular weight excluding hydrogens is 238 g/mol. The van der Waals surface area contributed by atoms with E-state index in [1.54, 1.807) is 12.1 Å². The molecular formula is C9H10ClNO3S. The van der Waals surface area contributed by atoms with Crippen molar-refractivity contribution in [3.63, 3.8) is 0 Å². The van der Waals surface area contributed by atoms with Crippen molar-refractivity contribution in [2.75, 3.05) is 13.1 Å². The molecule has 0 aromatic carbocycles. The second kappa shape index (κ2) is 5.85. The van der Waals surface area contributed by atoms with Gasteiger partial charge in [0.1, 0.15) is 0 Å². The normalized spacial score (nSPS) is 10.2. The number of thiophene rings is 1. The maximum absolute atomic E-state index is 11.4. The van der Waals surface area contributed by atoms with Crippen molar-refractivity contribution in [3.8, 4) is 0 Å². The van der Waals surface area contributed by atoms with Crippen LogP contribution in [0.4, 0.5) is 0 Å². The van der Waals surface area contributed by atoms with Gasteiger partial charge in [0.2, 0.25) is 0 Å². The second-order valence-electron chi connectivity index (χ2n) is 2.85. The van der Waals surface area contributed by atoms with Gasteiger partial charge in [-0.3, -0.25) is 9.59 Å². The van der Waals surface area contributed by atoms with Crippen LogP contribution in [0.2, 0.25) is 4.34 Å². The van der Waals surface area contributed by atoms with Crippen molar-refractivity contribution < 1.29 is 14.7 Å². The van der Waals surface area contributed by atoms with E-state index in [1.165, 1.54) is 11.3 Å². The number of carboxylic acids is 1. The van der Waals surface area contributed by atoms with Gasteiger partial charge in [-0.2, -0.15) is 0 Å². The summed E-state index contributed by atoms with van der Waals surface area (Å²) in [5, 5.41) is 11.1. The minimum absolute atomic E-state index is 0.0124. The summed E-state index contributed by atoms with van der Waals surface area (Å²) >= 11 is 6.90. The molecule has 0 aliphatic carbocycles. The van der Waals surface area contributed by atoms with Crippen LogP contribution in [0, 0.1) is 0 Å². The van der Waals surface area contributed by atoms with E-state index in [4.69, 9.17) is 16.7 Å². The molecule has 2 N–H and O–H groups in total. The standard InChI is InChI=1S/C9H10ClNO3S/c10-8-2-1-7(15-8)6(12)5-11-4-3-9(13)14/h1-2,11H,3-5H2,(H,13,14). The lowest BCUT2D eigenvalue weighted by Crippen LogP contribution is -2.24. The summed E-state index contributed by atoms with van der Waals surface area (Å²) < 4.78 is 0.573. The zero-order valence-electron chi connectivity index (χ0n) is 7.83. The van der Waals surface area contributed by atoms with E-state index < -0.39 is 5.97 Å². The number of rotatable bonds is 6. The maximum Gasteiger partial charge on any atom is 0.304 e. The van der Waals surface area contributed by atoms with Crippen LogP contribution < -0.4 is 5.32 Å². The number of hydrogen-bond acceptors (Lipinski definition) is 4. The third kappa shape index (κ3) is 4.42. The van der Waals surface area contributed by atoms with Gasteiger partial charge in [-0.05, 0) is 12.1 Å². The minimum Gasteiger partial charge on any atom is -0.481 e. The molecule has 0 aliphatic heterocycles. The third-order valence-electron chi connectivity index (χ3n) is 1.65. The average Bonchev–Trinajstić information content (AvgIpc) is 2.59. The number of nitrogens with one attached hydrogen (secondary N) is 1. The molecule has 0 bridgehead atoms. The Labute approximate surface area is 95.9 Å². The Hall–Kier alpha value is -0.910. The number of aliphatic carboxylic acids is 1. The van der Waals surface area contributed by atoms with Crippen LogP contribution in [-0.4, -0.2) is 29.9 Å². The van der Waals surface area contributed by atoms with Crippen LogP contribution in [0.5, 0.6) is 0 Å². The molecule has 1 aromatic heterocycles. The number of Topliss-reactive ketones (excluding diaryl/α,β-unsaturated/α-hetero) is 1. The number of halogens is 1. The third-order valence-corrected chi connectivity index (χ3v) is 2.92. The fourth-order valence-electron chi connectivity index (χ4n) is 0.949. The van der Waals surface area contributed by atoms with Crippen molar-refractivity contribution in [2.24, 2.45) is 0 Å². The van der Waals surface area contributed by atoms with Crippen molar-refractivity contribution in [1.29, 1.82) is 0 Å². The highest BCUT2D eigenvalue weighted by Crippen LogP contribution is 2.21. The Bertz CT molecular complexity index is 364. The van der Waals surface area contributed by atoms with Crippen molar-refractivity contribution in [3.05, 3.63) is 21.3 Å². The summed E-state index contributed by atoms with van der Waals surface area (Å²) in [5.74, 6) is -0.952. The molecule has 0 spiro atoms. The van der Waals surface area contributed by atoms with E-state index in [-0.39, 0.29) is 18.7 Å². The largest absolute Gasteiger partial charge is 0.481 e. The van der Waals surface area contributed by atoms with Crippen LogP contribution in [0.3, 0.4) is 0 Å². The average molecular weight is 248 g/mol. The monoisotopic (exact) mass is 247 g/mol. The van der Waals surface area contributed by atoms with Crippen LogP contribution in [0.1, 0.15) is 16.1 Å². The topological polar surface area (TPSA) is 66.4 Å². The molecule has 82 valence electrons. The zero-order valence-corrected chi connectivity index (χ0v) is 9.40. The Morgan fingerprint density at radius 1 is 1.47 bits per heavy atom. The van der Waals surface area contributed by atoms with E-state index in [0.29, 0.717) is 15.8 Å². The number of hydrogen-bond donors (Lipinski definition) is 2. The number of carboxylic acid groups (broad SMARTS) is 1. The van der Waals surface area contributed by atoms with Crippen LogP contribution in [0.25, 0.3) is 0 Å². The van der Waals surface area contributed by atoms with E-state index >= 15 is 0 Å². The molecule has 1 rings (SSSR count). The second-order valence-corrected chi connectivity index (χ2v) is 4.56. The molecule has 15 heavy (non-hydrogen) atoms. The Morgan fingerprint density at radius 2 is 2.20 bits per heavy atom. The summed E-state index contributed by atoms with van der Waals surface area (Å²) in [4.78, 5) is 22.2. The number of ketones is 1. The first-order valence-corrected chi connectivity index (χ1v) is 5.50. The highest BCUT2D eigenvalue weighted by atomic mass is 35.5. The van der Waals surface area contributed by atoms with Crippen LogP contribution in [0.15, 0.2) is 12.1 Å². The van der Waals surface area contributed by atoms with Gasteiger partial charge in [-0.25, -0.2) is 0 Å². The van der Waals surface area contributed by atoms with E-state index in [0.717, 1.165) is 0 Å². The summed E-state index contributed by atoms with van der Waals surface area (Å²) in [6, 6.07) is 3.32. The first-order chi connectivity index (χ1) is 7.09. The van der Waals surface area contributed by atoms with Crippen molar-refractivity contribution in [2.45, 2.75) is 6.42 Å². The molecule has 0 amide bonds. The van der Waals surface area contributed by atoms with Gasteiger partial charge in [0.15, 0.2) is 5.78 Å². The zero-order chi connectivity index (χ0) is 11.3. The summed E-state index contributed by atoms with van der Waals surface area (Å²) in [5.41, 5.74) is 0. The van der Waals surface area contributed by atoms with Gasteiger partial charge < -0.3 is 10.4 Å². The van der Waals surface area contributed by atoms with Crippen LogP contribution >= 0.6 is 22.9 Å². The predicted octanol–water partition coefficient (Wildman–Crippen LogP) is 1.65. The number of carbonyl (C=O) groups is 2. The lowest BCUT2D eigenvalue weighted by molar-refractivity contribution is -0.136. The maximum atomic E-state index is 11.4. The van der Waals surface area contributed by atoms with E-state index in [1.807, 2.05) is 0 Å². The molecule has 0 unspecified atom stereocenters. The Morgan fingerprint density at radius 3 is 2.73 bits per heavy atom. The van der Waals surface area contributed by atoms with E-state index in [2.05, 4.69) is 5.32 Å². The molecule has 0 atom stereocenters.